The summed E-state index contributed by atoms with van der Waals surface area (Å²) >= 11 is 1.38. The zero-order valence-electron chi connectivity index (χ0n) is 13.8. The number of rotatable bonds is 4. The quantitative estimate of drug-likeness (QED) is 0.709. The minimum atomic E-state index is -0.0899. The van der Waals surface area contributed by atoms with Gasteiger partial charge in [0.05, 0.1) is 17.9 Å². The number of benzene rings is 1. The molecule has 1 aliphatic heterocycles. The van der Waals surface area contributed by atoms with Crippen LogP contribution < -0.4 is 0 Å². The summed E-state index contributed by atoms with van der Waals surface area (Å²) in [4.78, 5) is 23.8. The van der Waals surface area contributed by atoms with Crippen molar-refractivity contribution in [3.8, 4) is 0 Å². The highest BCUT2D eigenvalue weighted by molar-refractivity contribution is 7.11. The van der Waals surface area contributed by atoms with Crippen LogP contribution in [0, 0.1) is 0 Å². The molecule has 0 aliphatic carbocycles. The van der Waals surface area contributed by atoms with Crippen molar-refractivity contribution in [3.05, 3.63) is 70.3 Å². The molecule has 3 heterocycles. The first-order chi connectivity index (χ1) is 12.3. The fourth-order valence-electron chi connectivity index (χ4n) is 3.25. The van der Waals surface area contributed by atoms with E-state index in [1.54, 1.807) is 17.9 Å². The van der Waals surface area contributed by atoms with Gasteiger partial charge in [-0.1, -0.05) is 30.3 Å². The summed E-state index contributed by atoms with van der Waals surface area (Å²) in [5, 5.41) is 0. The molecule has 1 saturated heterocycles. The van der Waals surface area contributed by atoms with Crippen molar-refractivity contribution in [2.45, 2.75) is 31.7 Å². The van der Waals surface area contributed by atoms with E-state index in [1.807, 2.05) is 23.1 Å². The van der Waals surface area contributed by atoms with E-state index < -0.39 is 0 Å². The Balaban J connectivity index is 1.54. The van der Waals surface area contributed by atoms with Crippen LogP contribution in [0.4, 0.5) is 0 Å². The van der Waals surface area contributed by atoms with Gasteiger partial charge in [0.25, 0.3) is 5.91 Å². The first-order valence-electron chi connectivity index (χ1n) is 8.49. The van der Waals surface area contributed by atoms with E-state index in [-0.39, 0.29) is 11.9 Å². The van der Waals surface area contributed by atoms with Crippen molar-refractivity contribution in [2.75, 3.05) is 6.54 Å². The van der Waals surface area contributed by atoms with Gasteiger partial charge in [0.2, 0.25) is 5.89 Å². The highest BCUT2D eigenvalue weighted by atomic mass is 32.1. The second-order valence-corrected chi connectivity index (χ2v) is 7.09. The lowest BCUT2D eigenvalue weighted by Crippen LogP contribution is -2.38. The standard InChI is InChI=1S/C19H19N3O2S/c23-19(17-12-20-13-25-17)22-9-5-4-8-16(22)18-21-11-15(24-18)10-14-6-2-1-3-7-14/h1-3,6-7,11-13,16H,4-5,8-10H2/t16-/m1/s1. The number of hydrogen-bond acceptors (Lipinski definition) is 5. The van der Waals surface area contributed by atoms with Crippen LogP contribution in [0.1, 0.15) is 52.2 Å². The van der Waals surface area contributed by atoms with Crippen molar-refractivity contribution in [2.24, 2.45) is 0 Å². The number of piperidine rings is 1. The fraction of sp³-hybridized carbons (Fsp3) is 0.316. The lowest BCUT2D eigenvalue weighted by molar-refractivity contribution is 0.0575. The van der Waals surface area contributed by atoms with Crippen molar-refractivity contribution in [1.82, 2.24) is 14.9 Å². The molecule has 1 aliphatic rings. The first-order valence-corrected chi connectivity index (χ1v) is 9.37. The van der Waals surface area contributed by atoms with E-state index in [9.17, 15) is 4.79 Å². The Morgan fingerprint density at radius 1 is 1.24 bits per heavy atom. The largest absolute Gasteiger partial charge is 0.443 e. The topological polar surface area (TPSA) is 59.2 Å². The molecule has 1 atom stereocenters. The molecule has 1 amide bonds. The zero-order chi connectivity index (χ0) is 17.1. The molecule has 0 N–H and O–H groups in total. The van der Waals surface area contributed by atoms with Crippen LogP contribution in [0.3, 0.4) is 0 Å². The Bertz CT molecular complexity index is 829. The van der Waals surface area contributed by atoms with Gasteiger partial charge in [-0.2, -0.15) is 0 Å². The third-order valence-electron chi connectivity index (χ3n) is 4.48. The minimum Gasteiger partial charge on any atom is -0.443 e. The van der Waals surface area contributed by atoms with E-state index in [4.69, 9.17) is 4.42 Å². The van der Waals surface area contributed by atoms with Gasteiger partial charge in [-0.15, -0.1) is 11.3 Å². The van der Waals surface area contributed by atoms with Crippen molar-refractivity contribution < 1.29 is 9.21 Å². The molecule has 0 radical (unpaired) electrons. The predicted molar refractivity (Wildman–Crippen MR) is 95.5 cm³/mol. The maximum Gasteiger partial charge on any atom is 0.266 e. The number of aromatic nitrogens is 2. The maximum atomic E-state index is 12.8. The highest BCUT2D eigenvalue weighted by Crippen LogP contribution is 2.32. The molecule has 3 aromatic rings. The van der Waals surface area contributed by atoms with E-state index in [2.05, 4.69) is 22.1 Å². The summed E-state index contributed by atoms with van der Waals surface area (Å²) in [6.07, 6.45) is 7.10. The first kappa shape index (κ1) is 16.0. The van der Waals surface area contributed by atoms with Crippen LogP contribution in [0.25, 0.3) is 0 Å². The maximum absolute atomic E-state index is 12.8. The molecule has 0 spiro atoms. The van der Waals surface area contributed by atoms with Crippen LogP contribution in [0.15, 0.2) is 52.7 Å². The second-order valence-electron chi connectivity index (χ2n) is 6.20. The summed E-state index contributed by atoms with van der Waals surface area (Å²) in [6.45, 7) is 0.734. The number of hydrogen-bond donors (Lipinski definition) is 0. The summed E-state index contributed by atoms with van der Waals surface area (Å²) in [5.74, 6) is 1.50. The molecule has 0 unspecified atom stereocenters. The number of thiazole rings is 1. The lowest BCUT2D eigenvalue weighted by atomic mass is 10.0. The Labute approximate surface area is 150 Å². The monoisotopic (exact) mass is 353 g/mol. The summed E-state index contributed by atoms with van der Waals surface area (Å²) < 4.78 is 6.01. The average molecular weight is 353 g/mol. The van der Waals surface area contributed by atoms with Gasteiger partial charge in [-0.05, 0) is 24.8 Å². The molecular weight excluding hydrogens is 334 g/mol. The van der Waals surface area contributed by atoms with Crippen LogP contribution in [-0.2, 0) is 6.42 Å². The number of carbonyl (C=O) groups excluding carboxylic acids is 1. The van der Waals surface area contributed by atoms with E-state index in [1.165, 1.54) is 16.9 Å². The fourth-order valence-corrected chi connectivity index (χ4v) is 3.82. The van der Waals surface area contributed by atoms with Gasteiger partial charge < -0.3 is 9.32 Å². The molecule has 25 heavy (non-hydrogen) atoms. The Hall–Kier alpha value is -2.47. The second kappa shape index (κ2) is 7.19. The van der Waals surface area contributed by atoms with Crippen molar-refractivity contribution in [1.29, 1.82) is 0 Å². The molecule has 2 aromatic heterocycles. The number of carbonyl (C=O) groups is 1. The van der Waals surface area contributed by atoms with Crippen LogP contribution >= 0.6 is 11.3 Å². The van der Waals surface area contributed by atoms with Crippen molar-refractivity contribution >= 4 is 17.2 Å². The summed E-state index contributed by atoms with van der Waals surface area (Å²) in [5.41, 5.74) is 2.88. The molecule has 5 nitrogen and oxygen atoms in total. The molecule has 0 bridgehead atoms. The number of oxazole rings is 1. The van der Waals surface area contributed by atoms with Crippen molar-refractivity contribution in [3.63, 3.8) is 0 Å². The highest BCUT2D eigenvalue weighted by Gasteiger charge is 2.32. The summed E-state index contributed by atoms with van der Waals surface area (Å²) in [7, 11) is 0. The summed E-state index contributed by atoms with van der Waals surface area (Å²) in [6, 6.07) is 10.1. The molecule has 6 heteroatoms. The van der Waals surface area contributed by atoms with E-state index in [0.29, 0.717) is 17.2 Å². The predicted octanol–water partition coefficient (Wildman–Crippen LogP) is 4.09. The van der Waals surface area contributed by atoms with Gasteiger partial charge in [-0.3, -0.25) is 9.78 Å². The van der Waals surface area contributed by atoms with Gasteiger partial charge in [-0.25, -0.2) is 4.98 Å². The Morgan fingerprint density at radius 2 is 2.12 bits per heavy atom. The Morgan fingerprint density at radius 3 is 2.92 bits per heavy atom. The van der Waals surface area contributed by atoms with E-state index >= 15 is 0 Å². The van der Waals surface area contributed by atoms with E-state index in [0.717, 1.165) is 31.6 Å². The number of amides is 1. The smallest absolute Gasteiger partial charge is 0.266 e. The SMILES string of the molecule is O=C(c1cncs1)N1CCCC[C@@H]1c1ncc(Cc2ccccc2)o1. The molecule has 1 aromatic carbocycles. The normalized spacial score (nSPS) is 17.6. The molecule has 0 saturated carbocycles. The van der Waals surface area contributed by atoms with Gasteiger partial charge in [0, 0.05) is 13.0 Å². The molecule has 1 fully saturated rings. The molecule has 4 rings (SSSR count). The van der Waals surface area contributed by atoms with Gasteiger partial charge in [0.15, 0.2) is 0 Å². The number of nitrogens with zero attached hydrogens (tertiary/aromatic N) is 3. The third kappa shape index (κ3) is 3.49. The Kier molecular flexibility index (Phi) is 4.61. The van der Waals surface area contributed by atoms with Crippen LogP contribution in [-0.4, -0.2) is 27.3 Å². The minimum absolute atomic E-state index is 0.0232. The average Bonchev–Trinajstić information content (AvgIpc) is 3.34. The molecule has 128 valence electrons. The van der Waals surface area contributed by atoms with Gasteiger partial charge >= 0.3 is 0 Å². The molecular formula is C19H19N3O2S. The number of likely N-dealkylation sites (tertiary alicyclic amines) is 1. The van der Waals surface area contributed by atoms with Gasteiger partial charge in [0.1, 0.15) is 16.7 Å². The third-order valence-corrected chi connectivity index (χ3v) is 5.25. The van der Waals surface area contributed by atoms with Crippen LogP contribution in [0.2, 0.25) is 0 Å². The lowest BCUT2D eigenvalue weighted by Gasteiger charge is -2.33. The van der Waals surface area contributed by atoms with Crippen LogP contribution in [0.5, 0.6) is 0 Å². The zero-order valence-corrected chi connectivity index (χ0v) is 14.6.